The number of rotatable bonds is 8. The summed E-state index contributed by atoms with van der Waals surface area (Å²) in [4.78, 5) is 4.57. The van der Waals surface area contributed by atoms with Crippen molar-refractivity contribution in [1.29, 1.82) is 0 Å². The fourth-order valence-electron chi connectivity index (χ4n) is 3.63. The molecule has 2 atom stereocenters. The van der Waals surface area contributed by atoms with Gasteiger partial charge in [0.05, 0.1) is 44.5 Å². The topological polar surface area (TPSA) is 93.7 Å². The van der Waals surface area contributed by atoms with Crippen molar-refractivity contribution in [2.45, 2.75) is 24.7 Å². The first-order chi connectivity index (χ1) is 12.4. The second kappa shape index (κ2) is 7.23. The van der Waals surface area contributed by atoms with Gasteiger partial charge in [0.15, 0.2) is 0 Å². The van der Waals surface area contributed by atoms with Crippen molar-refractivity contribution in [2.75, 3.05) is 32.9 Å². The summed E-state index contributed by atoms with van der Waals surface area (Å²) >= 11 is 0. The van der Waals surface area contributed by atoms with Crippen LogP contribution in [-0.2, 0) is 23.2 Å². The molecule has 1 aliphatic heterocycles. The standard InChI is InChI=1S/C18H23N4O3/c23-8-11-24-10-4-13-3-5-19-16-15(13)18(16)17(20-6-7-22-18)21-12-14-2-1-9-25-14/h1-3,5,9,17,20-21,23H,4,6-8,10-12H2. The van der Waals surface area contributed by atoms with Crippen LogP contribution in [0.4, 0.5) is 0 Å². The molecule has 2 unspecified atom stereocenters. The van der Waals surface area contributed by atoms with Crippen molar-refractivity contribution < 1.29 is 14.3 Å². The Labute approximate surface area is 146 Å². The monoisotopic (exact) mass is 343 g/mol. The summed E-state index contributed by atoms with van der Waals surface area (Å²) in [5, 5.41) is 20.8. The van der Waals surface area contributed by atoms with Gasteiger partial charge in [-0.2, -0.15) is 0 Å². The molecule has 2 aromatic rings. The van der Waals surface area contributed by atoms with Gasteiger partial charge >= 0.3 is 0 Å². The average molecular weight is 343 g/mol. The molecule has 0 aromatic carbocycles. The van der Waals surface area contributed by atoms with Crippen LogP contribution in [0, 0.1) is 0 Å². The van der Waals surface area contributed by atoms with Crippen molar-refractivity contribution in [3.63, 3.8) is 0 Å². The van der Waals surface area contributed by atoms with E-state index in [0.29, 0.717) is 19.8 Å². The number of hydrogen-bond donors (Lipinski definition) is 3. The number of nitrogens with zero attached hydrogens (tertiary/aromatic N) is 2. The number of furan rings is 1. The fraction of sp³-hybridized carbons (Fsp3) is 0.500. The Bertz CT molecular complexity index is 706. The maximum absolute atomic E-state index is 8.82. The second-order valence-electron chi connectivity index (χ2n) is 6.28. The molecule has 3 heterocycles. The SMILES string of the molecule is OCCOCCc1ccnc2c1C21[N]CCNC1NCc1ccco1. The maximum Gasteiger partial charge on any atom is 0.133 e. The summed E-state index contributed by atoms with van der Waals surface area (Å²) in [5.74, 6) is 0.901. The summed E-state index contributed by atoms with van der Waals surface area (Å²) in [6.07, 6.45) is 4.34. The smallest absolute Gasteiger partial charge is 0.133 e. The van der Waals surface area contributed by atoms with Crippen LogP contribution in [0.2, 0.25) is 0 Å². The van der Waals surface area contributed by atoms with E-state index in [1.807, 2.05) is 24.4 Å². The number of aromatic nitrogens is 1. The number of piperazine rings is 1. The van der Waals surface area contributed by atoms with Crippen LogP contribution >= 0.6 is 0 Å². The van der Waals surface area contributed by atoms with Gasteiger partial charge < -0.3 is 14.3 Å². The molecule has 1 fully saturated rings. The van der Waals surface area contributed by atoms with E-state index < -0.39 is 0 Å². The number of aliphatic hydroxyl groups excluding tert-OH is 1. The van der Waals surface area contributed by atoms with Gasteiger partial charge in [-0.3, -0.25) is 15.6 Å². The zero-order valence-electron chi connectivity index (χ0n) is 14.1. The number of pyridine rings is 1. The molecule has 0 saturated carbocycles. The Morgan fingerprint density at radius 3 is 3.20 bits per heavy atom. The highest BCUT2D eigenvalue weighted by Crippen LogP contribution is 2.51. The predicted octanol–water partition coefficient (Wildman–Crippen LogP) is 0.107. The minimum atomic E-state index is -0.374. The van der Waals surface area contributed by atoms with Gasteiger partial charge in [-0.05, 0) is 30.2 Å². The number of fused-ring (bicyclic) bond motifs is 3. The highest BCUT2D eigenvalue weighted by Gasteiger charge is 2.61. The zero-order chi connectivity index (χ0) is 17.1. The minimum Gasteiger partial charge on any atom is -0.468 e. The van der Waals surface area contributed by atoms with Crippen LogP contribution in [0.5, 0.6) is 0 Å². The molecule has 1 saturated heterocycles. The van der Waals surface area contributed by atoms with Gasteiger partial charge in [-0.15, -0.1) is 0 Å². The molecule has 1 radical (unpaired) electrons. The molecule has 7 nitrogen and oxygen atoms in total. The van der Waals surface area contributed by atoms with Gasteiger partial charge in [-0.25, -0.2) is 5.32 Å². The lowest BCUT2D eigenvalue weighted by Gasteiger charge is -2.33. The van der Waals surface area contributed by atoms with Gasteiger partial charge in [0.2, 0.25) is 0 Å². The third-order valence-electron chi connectivity index (χ3n) is 4.77. The zero-order valence-corrected chi connectivity index (χ0v) is 14.1. The minimum absolute atomic E-state index is 0.00774. The molecule has 2 aliphatic rings. The first kappa shape index (κ1) is 16.7. The van der Waals surface area contributed by atoms with Crippen molar-refractivity contribution in [3.8, 4) is 0 Å². The maximum atomic E-state index is 8.82. The Kier molecular flexibility index (Phi) is 4.82. The Balaban J connectivity index is 1.48. The second-order valence-corrected chi connectivity index (χ2v) is 6.28. The Morgan fingerprint density at radius 1 is 1.40 bits per heavy atom. The highest BCUT2D eigenvalue weighted by atomic mass is 16.5. The van der Waals surface area contributed by atoms with E-state index in [9.17, 15) is 0 Å². The average Bonchev–Trinajstić information content (AvgIpc) is 3.03. The van der Waals surface area contributed by atoms with E-state index in [0.717, 1.165) is 31.0 Å². The number of hydrogen-bond acceptors (Lipinski definition) is 6. The third-order valence-corrected chi connectivity index (χ3v) is 4.77. The molecule has 1 aliphatic carbocycles. The van der Waals surface area contributed by atoms with E-state index >= 15 is 0 Å². The largest absolute Gasteiger partial charge is 0.468 e. The molecule has 3 N–H and O–H groups in total. The van der Waals surface area contributed by atoms with Gasteiger partial charge in [0.25, 0.3) is 0 Å². The number of aliphatic hydroxyl groups is 1. The summed E-state index contributed by atoms with van der Waals surface area (Å²) in [6.45, 7) is 3.28. The summed E-state index contributed by atoms with van der Waals surface area (Å²) in [6, 6.07) is 5.90. The highest BCUT2D eigenvalue weighted by molar-refractivity contribution is 5.61. The van der Waals surface area contributed by atoms with Crippen molar-refractivity contribution in [1.82, 2.24) is 20.9 Å². The summed E-state index contributed by atoms with van der Waals surface area (Å²) < 4.78 is 10.8. The van der Waals surface area contributed by atoms with Crippen molar-refractivity contribution in [2.24, 2.45) is 0 Å². The number of nitrogens with one attached hydrogen (secondary N) is 2. The van der Waals surface area contributed by atoms with E-state index in [1.165, 1.54) is 11.1 Å². The lowest BCUT2D eigenvalue weighted by Crippen LogP contribution is -2.60. The van der Waals surface area contributed by atoms with Crippen LogP contribution in [-0.4, -0.2) is 49.2 Å². The Hall–Kier alpha value is -1.77. The number of ether oxygens (including phenoxy) is 1. The lowest BCUT2D eigenvalue weighted by molar-refractivity contribution is 0.0943. The summed E-state index contributed by atoms with van der Waals surface area (Å²) in [7, 11) is 0. The molecular weight excluding hydrogens is 320 g/mol. The van der Waals surface area contributed by atoms with Crippen LogP contribution in [0.1, 0.15) is 22.6 Å². The molecule has 7 heteroatoms. The molecule has 2 aromatic heterocycles. The van der Waals surface area contributed by atoms with Crippen LogP contribution in [0.3, 0.4) is 0 Å². The molecule has 0 bridgehead atoms. The van der Waals surface area contributed by atoms with E-state index in [2.05, 4.69) is 15.6 Å². The van der Waals surface area contributed by atoms with Gasteiger partial charge in [0.1, 0.15) is 11.3 Å². The molecule has 0 amide bonds. The fourth-order valence-corrected chi connectivity index (χ4v) is 3.63. The third kappa shape index (κ3) is 3.09. The van der Waals surface area contributed by atoms with E-state index in [-0.39, 0.29) is 18.3 Å². The molecule has 133 valence electrons. The van der Waals surface area contributed by atoms with Crippen LogP contribution < -0.4 is 16.0 Å². The first-order valence-corrected chi connectivity index (χ1v) is 8.71. The predicted molar refractivity (Wildman–Crippen MR) is 91.0 cm³/mol. The van der Waals surface area contributed by atoms with Crippen molar-refractivity contribution >= 4 is 0 Å². The van der Waals surface area contributed by atoms with Crippen molar-refractivity contribution in [3.05, 3.63) is 53.2 Å². The first-order valence-electron chi connectivity index (χ1n) is 8.71. The molecule has 4 rings (SSSR count). The quantitative estimate of drug-likeness (QED) is 0.589. The van der Waals surface area contributed by atoms with Gasteiger partial charge in [-0.1, -0.05) is 0 Å². The van der Waals surface area contributed by atoms with Gasteiger partial charge in [0, 0.05) is 24.8 Å². The van der Waals surface area contributed by atoms with E-state index in [4.69, 9.17) is 19.6 Å². The molecule has 1 spiro atoms. The van der Waals surface area contributed by atoms with Crippen LogP contribution in [0.15, 0.2) is 35.1 Å². The Morgan fingerprint density at radius 2 is 2.36 bits per heavy atom. The molecular formula is C18H23N4O3. The lowest BCUT2D eigenvalue weighted by atomic mass is 10.0. The molecule has 25 heavy (non-hydrogen) atoms. The summed E-state index contributed by atoms with van der Waals surface area (Å²) in [5.41, 5.74) is 3.11. The van der Waals surface area contributed by atoms with Crippen LogP contribution in [0.25, 0.3) is 0 Å². The normalized spacial score (nSPS) is 24.4. The van der Waals surface area contributed by atoms with E-state index in [1.54, 1.807) is 6.26 Å².